The van der Waals surface area contributed by atoms with E-state index in [1.54, 1.807) is 12.0 Å². The molecule has 2 N–H and O–H groups in total. The van der Waals surface area contributed by atoms with E-state index >= 15 is 0 Å². The quantitative estimate of drug-likeness (QED) is 0.871. The zero-order valence-electron chi connectivity index (χ0n) is 16.0. The van der Waals surface area contributed by atoms with Crippen LogP contribution in [-0.4, -0.2) is 51.0 Å². The lowest BCUT2D eigenvalue weighted by Crippen LogP contribution is -2.35. The van der Waals surface area contributed by atoms with Crippen molar-refractivity contribution in [3.05, 3.63) is 23.8 Å². The van der Waals surface area contributed by atoms with E-state index in [0.717, 1.165) is 29.9 Å². The zero-order valence-corrected chi connectivity index (χ0v) is 16.0. The molecule has 3 rings (SSSR count). The Kier molecular flexibility index (Phi) is 5.61. The summed E-state index contributed by atoms with van der Waals surface area (Å²) in [7, 11) is 3.07. The maximum absolute atomic E-state index is 12.0. The predicted octanol–water partition coefficient (Wildman–Crippen LogP) is 3.15. The molecule has 1 aliphatic carbocycles. The van der Waals surface area contributed by atoms with Crippen molar-refractivity contribution < 1.29 is 19.0 Å². The van der Waals surface area contributed by atoms with Gasteiger partial charge in [0.05, 0.1) is 20.3 Å². The maximum Gasteiger partial charge on any atom is 0.409 e. The van der Waals surface area contributed by atoms with E-state index < -0.39 is 0 Å². The molecule has 0 radical (unpaired) electrons. The van der Waals surface area contributed by atoms with Gasteiger partial charge in [0.2, 0.25) is 0 Å². The van der Waals surface area contributed by atoms with Gasteiger partial charge in [-0.25, -0.2) is 4.79 Å². The highest BCUT2D eigenvalue weighted by atomic mass is 16.5. The van der Waals surface area contributed by atoms with Gasteiger partial charge in [0, 0.05) is 31.0 Å². The Hall–Kier alpha value is -1.95. The van der Waals surface area contributed by atoms with E-state index in [2.05, 4.69) is 19.1 Å². The average molecular weight is 362 g/mol. The van der Waals surface area contributed by atoms with Crippen molar-refractivity contribution in [2.75, 3.05) is 33.9 Å². The number of carbonyl (C=O) groups is 1. The second-order valence-electron chi connectivity index (χ2n) is 7.70. The van der Waals surface area contributed by atoms with Crippen LogP contribution in [0.1, 0.15) is 44.1 Å². The highest BCUT2D eigenvalue weighted by molar-refractivity contribution is 5.68. The molecular formula is C20H30N2O4. The molecule has 1 heterocycles. The smallest absolute Gasteiger partial charge is 0.409 e. The van der Waals surface area contributed by atoms with Gasteiger partial charge in [0.15, 0.2) is 11.5 Å². The van der Waals surface area contributed by atoms with Crippen molar-refractivity contribution in [3.8, 4) is 11.5 Å². The SMILES string of the molecule is COC(=O)N1CC(c2ccc(OC)c(OC3CCCC3)c2)C(C)(CN)C1. The van der Waals surface area contributed by atoms with Crippen LogP contribution in [0.2, 0.25) is 0 Å². The standard InChI is InChI=1S/C20H30N2O4/c1-20(12-21)13-22(19(23)25-3)11-16(20)14-8-9-17(24-2)18(10-14)26-15-6-4-5-7-15/h8-10,15-16H,4-7,11-13,21H2,1-3H3. The number of carbonyl (C=O) groups excluding carboxylic acids is 1. The summed E-state index contributed by atoms with van der Waals surface area (Å²) in [4.78, 5) is 13.7. The number of methoxy groups -OCH3 is 2. The van der Waals surface area contributed by atoms with Crippen molar-refractivity contribution >= 4 is 6.09 Å². The molecule has 0 aromatic heterocycles. The van der Waals surface area contributed by atoms with Crippen molar-refractivity contribution in [1.82, 2.24) is 4.90 Å². The van der Waals surface area contributed by atoms with E-state index in [1.165, 1.54) is 20.0 Å². The summed E-state index contributed by atoms with van der Waals surface area (Å²) < 4.78 is 16.6. The van der Waals surface area contributed by atoms with E-state index in [9.17, 15) is 4.79 Å². The minimum Gasteiger partial charge on any atom is -0.493 e. The highest BCUT2D eigenvalue weighted by Crippen LogP contribution is 2.44. The zero-order chi connectivity index (χ0) is 18.7. The van der Waals surface area contributed by atoms with Gasteiger partial charge in [0.1, 0.15) is 0 Å². The van der Waals surface area contributed by atoms with Gasteiger partial charge in [-0.1, -0.05) is 13.0 Å². The molecule has 1 saturated heterocycles. The largest absolute Gasteiger partial charge is 0.493 e. The second-order valence-corrected chi connectivity index (χ2v) is 7.70. The Bertz CT molecular complexity index is 645. The summed E-state index contributed by atoms with van der Waals surface area (Å²) in [5.41, 5.74) is 7.01. The number of rotatable bonds is 5. The van der Waals surface area contributed by atoms with E-state index in [-0.39, 0.29) is 23.5 Å². The van der Waals surface area contributed by atoms with Crippen LogP contribution in [0.5, 0.6) is 11.5 Å². The number of nitrogens with two attached hydrogens (primary N) is 1. The first-order valence-corrected chi connectivity index (χ1v) is 9.38. The van der Waals surface area contributed by atoms with Crippen LogP contribution < -0.4 is 15.2 Å². The fraction of sp³-hybridized carbons (Fsp3) is 0.650. The third-order valence-corrected chi connectivity index (χ3v) is 5.88. The van der Waals surface area contributed by atoms with Crippen LogP contribution in [0.25, 0.3) is 0 Å². The topological polar surface area (TPSA) is 74.0 Å². The summed E-state index contributed by atoms with van der Waals surface area (Å²) in [5.74, 6) is 1.66. The van der Waals surface area contributed by atoms with Crippen molar-refractivity contribution in [2.24, 2.45) is 11.1 Å². The lowest BCUT2D eigenvalue weighted by Gasteiger charge is -2.29. The van der Waals surface area contributed by atoms with Crippen LogP contribution >= 0.6 is 0 Å². The molecule has 0 bridgehead atoms. The van der Waals surface area contributed by atoms with Crippen LogP contribution in [0, 0.1) is 5.41 Å². The number of likely N-dealkylation sites (tertiary alicyclic amines) is 1. The number of hydrogen-bond donors (Lipinski definition) is 1. The van der Waals surface area contributed by atoms with Crippen LogP contribution in [0.15, 0.2) is 18.2 Å². The van der Waals surface area contributed by atoms with Crippen molar-refractivity contribution in [3.63, 3.8) is 0 Å². The summed E-state index contributed by atoms with van der Waals surface area (Å²) >= 11 is 0. The summed E-state index contributed by atoms with van der Waals surface area (Å²) in [6.45, 7) is 3.81. The van der Waals surface area contributed by atoms with Gasteiger partial charge >= 0.3 is 6.09 Å². The molecule has 6 nitrogen and oxygen atoms in total. The highest BCUT2D eigenvalue weighted by Gasteiger charge is 2.45. The molecule has 1 aliphatic heterocycles. The molecule has 0 spiro atoms. The van der Waals surface area contributed by atoms with E-state index in [0.29, 0.717) is 19.6 Å². The lowest BCUT2D eigenvalue weighted by atomic mass is 9.76. The second kappa shape index (κ2) is 7.74. The first-order chi connectivity index (χ1) is 12.5. The molecule has 1 aromatic rings. The van der Waals surface area contributed by atoms with Gasteiger partial charge < -0.3 is 24.8 Å². The average Bonchev–Trinajstić information content (AvgIpc) is 3.29. The fourth-order valence-electron chi connectivity index (χ4n) is 4.22. The Morgan fingerprint density at radius 2 is 2.00 bits per heavy atom. The van der Waals surface area contributed by atoms with Gasteiger partial charge in [-0.15, -0.1) is 0 Å². The molecule has 1 aromatic carbocycles. The molecule has 1 amide bonds. The maximum atomic E-state index is 12.0. The molecule has 26 heavy (non-hydrogen) atoms. The predicted molar refractivity (Wildman–Crippen MR) is 99.8 cm³/mol. The third-order valence-electron chi connectivity index (χ3n) is 5.88. The van der Waals surface area contributed by atoms with Gasteiger partial charge in [-0.05, 0) is 43.4 Å². The number of ether oxygens (including phenoxy) is 3. The molecule has 1 saturated carbocycles. The van der Waals surface area contributed by atoms with E-state index in [1.807, 2.05) is 6.07 Å². The van der Waals surface area contributed by atoms with Crippen LogP contribution in [0.4, 0.5) is 4.79 Å². The number of amides is 1. The molecule has 2 atom stereocenters. The Balaban J connectivity index is 1.88. The molecule has 2 fully saturated rings. The molecule has 2 aliphatic rings. The summed E-state index contributed by atoms with van der Waals surface area (Å²) in [5, 5.41) is 0. The molecule has 6 heteroatoms. The normalized spacial score (nSPS) is 26.2. The summed E-state index contributed by atoms with van der Waals surface area (Å²) in [6, 6.07) is 6.08. The number of benzene rings is 1. The van der Waals surface area contributed by atoms with Crippen LogP contribution in [-0.2, 0) is 4.74 Å². The van der Waals surface area contributed by atoms with Crippen molar-refractivity contribution in [2.45, 2.75) is 44.6 Å². The Labute approximate surface area is 155 Å². The third kappa shape index (κ3) is 3.61. The van der Waals surface area contributed by atoms with Gasteiger partial charge in [-0.3, -0.25) is 0 Å². The first-order valence-electron chi connectivity index (χ1n) is 9.38. The molecule has 2 unspecified atom stereocenters. The minimum absolute atomic E-state index is 0.128. The lowest BCUT2D eigenvalue weighted by molar-refractivity contribution is 0.128. The molecular weight excluding hydrogens is 332 g/mol. The Morgan fingerprint density at radius 3 is 2.62 bits per heavy atom. The summed E-state index contributed by atoms with van der Waals surface area (Å²) in [6.07, 6.45) is 4.57. The van der Waals surface area contributed by atoms with Gasteiger partial charge in [0.25, 0.3) is 0 Å². The first kappa shape index (κ1) is 18.8. The van der Waals surface area contributed by atoms with E-state index in [4.69, 9.17) is 19.9 Å². The van der Waals surface area contributed by atoms with Crippen LogP contribution in [0.3, 0.4) is 0 Å². The van der Waals surface area contributed by atoms with Crippen molar-refractivity contribution in [1.29, 1.82) is 0 Å². The number of hydrogen-bond acceptors (Lipinski definition) is 5. The monoisotopic (exact) mass is 362 g/mol. The van der Waals surface area contributed by atoms with Gasteiger partial charge in [-0.2, -0.15) is 0 Å². The number of nitrogens with zero attached hydrogens (tertiary/aromatic N) is 1. The minimum atomic E-state index is -0.303. The molecule has 144 valence electrons. The Morgan fingerprint density at radius 1 is 1.27 bits per heavy atom. The fourth-order valence-corrected chi connectivity index (χ4v) is 4.22.